The lowest BCUT2D eigenvalue weighted by atomic mass is 10.0. The number of nitrogens with one attached hydrogen (secondary N) is 1. The van der Waals surface area contributed by atoms with E-state index in [9.17, 15) is 10.1 Å². The van der Waals surface area contributed by atoms with Gasteiger partial charge in [0.05, 0.1) is 15.8 Å². The lowest BCUT2D eigenvalue weighted by Crippen LogP contribution is -2.34. The summed E-state index contributed by atoms with van der Waals surface area (Å²) in [6.45, 7) is 2.82. The van der Waals surface area contributed by atoms with Crippen molar-refractivity contribution in [1.29, 1.82) is 0 Å². The molecule has 0 saturated carbocycles. The number of fused-ring (bicyclic) bond motifs is 2. The minimum absolute atomic E-state index is 0.188. The van der Waals surface area contributed by atoms with E-state index >= 15 is 0 Å². The Morgan fingerprint density at radius 1 is 1.33 bits per heavy atom. The van der Waals surface area contributed by atoms with Crippen molar-refractivity contribution in [3.8, 4) is 0 Å². The van der Waals surface area contributed by atoms with E-state index in [2.05, 4.69) is 15.2 Å². The highest BCUT2D eigenvalue weighted by Gasteiger charge is 2.40. The van der Waals surface area contributed by atoms with Crippen molar-refractivity contribution in [2.24, 2.45) is 5.92 Å². The average molecular weight is 284 g/mol. The van der Waals surface area contributed by atoms with Gasteiger partial charge in [0.25, 0.3) is 0 Å². The first-order valence-corrected chi connectivity index (χ1v) is 7.25. The van der Waals surface area contributed by atoms with Gasteiger partial charge < -0.3 is 10.2 Å². The lowest BCUT2D eigenvalue weighted by Gasteiger charge is -2.25. The van der Waals surface area contributed by atoms with Crippen LogP contribution in [0.2, 0.25) is 0 Å². The number of nitro benzene ring substituents is 1. The summed E-state index contributed by atoms with van der Waals surface area (Å²) in [6.07, 6.45) is 2.76. The SMILES string of the molecule is O=[N+]([O-])c1c(N2CC[C@H]3CNC[C@H]32)ccc2ncccc12. The Hall–Kier alpha value is -2.21. The fraction of sp³-hybridized carbons (Fsp3) is 0.400. The van der Waals surface area contributed by atoms with Gasteiger partial charge in [-0.2, -0.15) is 0 Å². The molecule has 1 N–H and O–H groups in total. The number of hydrogen-bond donors (Lipinski definition) is 1. The molecule has 1 aromatic carbocycles. The Bertz CT molecular complexity index is 718. The molecule has 2 fully saturated rings. The van der Waals surface area contributed by atoms with Crippen molar-refractivity contribution in [2.75, 3.05) is 24.5 Å². The van der Waals surface area contributed by atoms with Crippen molar-refractivity contribution in [2.45, 2.75) is 12.5 Å². The van der Waals surface area contributed by atoms with E-state index in [1.165, 1.54) is 0 Å². The van der Waals surface area contributed by atoms with Crippen LogP contribution in [0, 0.1) is 16.0 Å². The molecule has 0 bridgehead atoms. The van der Waals surface area contributed by atoms with E-state index < -0.39 is 0 Å². The van der Waals surface area contributed by atoms with E-state index in [4.69, 9.17) is 0 Å². The van der Waals surface area contributed by atoms with Crippen molar-refractivity contribution in [3.63, 3.8) is 0 Å². The second kappa shape index (κ2) is 4.66. The van der Waals surface area contributed by atoms with Crippen LogP contribution in [0.4, 0.5) is 11.4 Å². The van der Waals surface area contributed by atoms with Crippen LogP contribution in [0.1, 0.15) is 6.42 Å². The van der Waals surface area contributed by atoms with Crippen molar-refractivity contribution < 1.29 is 4.92 Å². The molecule has 1 aromatic heterocycles. The summed E-state index contributed by atoms with van der Waals surface area (Å²) in [7, 11) is 0. The van der Waals surface area contributed by atoms with Crippen LogP contribution in [0.15, 0.2) is 30.5 Å². The number of pyridine rings is 1. The van der Waals surface area contributed by atoms with Gasteiger partial charge in [0.1, 0.15) is 5.69 Å². The molecule has 108 valence electrons. The molecule has 0 amide bonds. The third-order valence-electron chi connectivity index (χ3n) is 4.67. The van der Waals surface area contributed by atoms with Crippen LogP contribution >= 0.6 is 0 Å². The molecule has 2 saturated heterocycles. The largest absolute Gasteiger partial charge is 0.361 e. The maximum Gasteiger partial charge on any atom is 0.301 e. The molecule has 2 aliphatic rings. The highest BCUT2D eigenvalue weighted by Crippen LogP contribution is 2.40. The van der Waals surface area contributed by atoms with Crippen molar-refractivity contribution in [3.05, 3.63) is 40.6 Å². The van der Waals surface area contributed by atoms with Crippen LogP contribution in [-0.2, 0) is 0 Å². The summed E-state index contributed by atoms with van der Waals surface area (Å²) >= 11 is 0. The molecule has 6 nitrogen and oxygen atoms in total. The standard InChI is InChI=1S/C15H16N4O2/c20-19(21)15-11-2-1-6-17-12(11)3-4-13(15)18-7-5-10-8-16-9-14(10)18/h1-4,6,10,14,16H,5,7-9H2/t10-,14+/m0/s1. The van der Waals surface area contributed by atoms with Crippen LogP contribution in [-0.4, -0.2) is 35.6 Å². The second-order valence-corrected chi connectivity index (χ2v) is 5.73. The normalized spacial score (nSPS) is 24.5. The summed E-state index contributed by atoms with van der Waals surface area (Å²) in [5.41, 5.74) is 1.60. The molecule has 4 rings (SSSR count). The van der Waals surface area contributed by atoms with Gasteiger partial charge in [0.2, 0.25) is 0 Å². The number of benzene rings is 1. The fourth-order valence-electron chi connectivity index (χ4n) is 3.70. The van der Waals surface area contributed by atoms with E-state index in [0.29, 0.717) is 22.9 Å². The molecular weight excluding hydrogens is 268 g/mol. The average Bonchev–Trinajstić information content (AvgIpc) is 3.08. The molecule has 6 heteroatoms. The zero-order chi connectivity index (χ0) is 14.4. The zero-order valence-corrected chi connectivity index (χ0v) is 11.5. The topological polar surface area (TPSA) is 71.3 Å². The first-order valence-electron chi connectivity index (χ1n) is 7.25. The number of rotatable bonds is 2. The van der Waals surface area contributed by atoms with Gasteiger partial charge in [-0.25, -0.2) is 0 Å². The molecule has 0 spiro atoms. The summed E-state index contributed by atoms with van der Waals surface area (Å²) in [4.78, 5) is 17.8. The van der Waals surface area contributed by atoms with Gasteiger partial charge in [-0.3, -0.25) is 15.1 Å². The minimum atomic E-state index is -0.269. The molecular formula is C15H16N4O2. The Morgan fingerprint density at radius 3 is 3.10 bits per heavy atom. The smallest absolute Gasteiger partial charge is 0.301 e. The van der Waals surface area contributed by atoms with Gasteiger partial charge in [-0.1, -0.05) is 0 Å². The maximum atomic E-state index is 11.6. The Balaban J connectivity index is 1.88. The number of aromatic nitrogens is 1. The molecule has 0 radical (unpaired) electrons. The number of hydrogen-bond acceptors (Lipinski definition) is 5. The summed E-state index contributed by atoms with van der Waals surface area (Å²) in [6, 6.07) is 7.65. The Morgan fingerprint density at radius 2 is 2.24 bits per heavy atom. The molecule has 21 heavy (non-hydrogen) atoms. The number of nitrogens with zero attached hydrogens (tertiary/aromatic N) is 3. The highest BCUT2D eigenvalue weighted by molar-refractivity contribution is 5.94. The van der Waals surface area contributed by atoms with Gasteiger partial charge in [-0.05, 0) is 36.6 Å². The van der Waals surface area contributed by atoms with Crippen LogP contribution in [0.5, 0.6) is 0 Å². The first kappa shape index (κ1) is 12.5. The molecule has 0 aliphatic carbocycles. The maximum absolute atomic E-state index is 11.6. The molecule has 2 aliphatic heterocycles. The predicted molar refractivity (Wildman–Crippen MR) is 80.5 cm³/mol. The summed E-state index contributed by atoms with van der Waals surface area (Å²) in [5, 5.41) is 15.6. The van der Waals surface area contributed by atoms with E-state index in [0.717, 1.165) is 31.7 Å². The van der Waals surface area contributed by atoms with Gasteiger partial charge in [0, 0.05) is 31.9 Å². The van der Waals surface area contributed by atoms with Crippen LogP contribution in [0.25, 0.3) is 10.9 Å². The highest BCUT2D eigenvalue weighted by atomic mass is 16.6. The third-order valence-corrected chi connectivity index (χ3v) is 4.67. The third kappa shape index (κ3) is 1.86. The van der Waals surface area contributed by atoms with Crippen molar-refractivity contribution >= 4 is 22.3 Å². The van der Waals surface area contributed by atoms with E-state index in [1.54, 1.807) is 18.3 Å². The fourth-order valence-corrected chi connectivity index (χ4v) is 3.70. The quantitative estimate of drug-likeness (QED) is 0.674. The predicted octanol–water partition coefficient (Wildman–Crippen LogP) is 1.94. The van der Waals surface area contributed by atoms with Gasteiger partial charge >= 0.3 is 5.69 Å². The molecule has 2 atom stereocenters. The van der Waals surface area contributed by atoms with Gasteiger partial charge in [-0.15, -0.1) is 0 Å². The summed E-state index contributed by atoms with van der Waals surface area (Å²) < 4.78 is 0. The number of nitro groups is 1. The Labute approximate surface area is 121 Å². The summed E-state index contributed by atoms with van der Waals surface area (Å²) in [5.74, 6) is 0.606. The van der Waals surface area contributed by atoms with E-state index in [1.807, 2.05) is 12.1 Å². The molecule has 3 heterocycles. The second-order valence-electron chi connectivity index (χ2n) is 5.73. The minimum Gasteiger partial charge on any atom is -0.361 e. The first-order chi connectivity index (χ1) is 10.3. The van der Waals surface area contributed by atoms with Crippen LogP contribution in [0.3, 0.4) is 0 Å². The molecule has 0 unspecified atom stereocenters. The van der Waals surface area contributed by atoms with E-state index in [-0.39, 0.29) is 10.6 Å². The zero-order valence-electron chi connectivity index (χ0n) is 11.5. The number of anilines is 1. The molecule has 2 aromatic rings. The van der Waals surface area contributed by atoms with Crippen LogP contribution < -0.4 is 10.2 Å². The lowest BCUT2D eigenvalue weighted by molar-refractivity contribution is -0.382. The Kier molecular flexibility index (Phi) is 2.78. The van der Waals surface area contributed by atoms with Crippen molar-refractivity contribution in [1.82, 2.24) is 10.3 Å². The van der Waals surface area contributed by atoms with Gasteiger partial charge in [0.15, 0.2) is 0 Å². The monoisotopic (exact) mass is 284 g/mol.